The summed E-state index contributed by atoms with van der Waals surface area (Å²) in [6.07, 6.45) is 0.873. The van der Waals surface area contributed by atoms with Crippen LogP contribution in [-0.4, -0.2) is 28.6 Å². The molecule has 0 aliphatic carbocycles. The van der Waals surface area contributed by atoms with Crippen LogP contribution in [0.4, 0.5) is 0 Å². The molecule has 0 saturated heterocycles. The molecular formula is C14H19BrN4O. The number of methoxy groups -OCH3 is 1. The first kappa shape index (κ1) is 15.0. The van der Waals surface area contributed by atoms with E-state index in [1.54, 1.807) is 11.8 Å². The number of likely N-dealkylation sites (N-methyl/N-ethyl adjacent to an activating group) is 1. The van der Waals surface area contributed by atoms with Gasteiger partial charge in [0.2, 0.25) is 0 Å². The molecule has 0 aliphatic heterocycles. The lowest BCUT2D eigenvalue weighted by Crippen LogP contribution is -2.25. The van der Waals surface area contributed by atoms with Gasteiger partial charge >= 0.3 is 0 Å². The summed E-state index contributed by atoms with van der Waals surface area (Å²) in [7, 11) is 3.58. The zero-order valence-electron chi connectivity index (χ0n) is 11.9. The Hall–Kier alpha value is -1.40. The van der Waals surface area contributed by atoms with Crippen LogP contribution in [0.3, 0.4) is 0 Å². The van der Waals surface area contributed by atoms with Crippen LogP contribution in [0.15, 0.2) is 28.9 Å². The van der Waals surface area contributed by atoms with Gasteiger partial charge in [-0.05, 0) is 46.6 Å². The molecule has 5 nitrogen and oxygen atoms in total. The first-order valence-corrected chi connectivity index (χ1v) is 7.36. The highest BCUT2D eigenvalue weighted by Gasteiger charge is 2.19. The monoisotopic (exact) mass is 338 g/mol. The number of rotatable bonds is 6. The molecule has 108 valence electrons. The van der Waals surface area contributed by atoms with Crippen molar-refractivity contribution < 1.29 is 4.74 Å². The van der Waals surface area contributed by atoms with Crippen molar-refractivity contribution in [2.45, 2.75) is 19.4 Å². The molecule has 2 rings (SSSR count). The zero-order valence-corrected chi connectivity index (χ0v) is 13.5. The van der Waals surface area contributed by atoms with Crippen molar-refractivity contribution in [3.63, 3.8) is 0 Å². The van der Waals surface area contributed by atoms with Crippen LogP contribution in [0.2, 0.25) is 0 Å². The fourth-order valence-electron chi connectivity index (χ4n) is 2.22. The Morgan fingerprint density at radius 1 is 1.35 bits per heavy atom. The SMILES string of the molecule is CCNC(Cc1ccc(OC)cc1)c1c(Br)nnn1C. The van der Waals surface area contributed by atoms with E-state index in [1.165, 1.54) is 5.56 Å². The first-order valence-electron chi connectivity index (χ1n) is 6.57. The molecule has 1 aromatic carbocycles. The predicted molar refractivity (Wildman–Crippen MR) is 81.8 cm³/mol. The maximum absolute atomic E-state index is 5.18. The fourth-order valence-corrected chi connectivity index (χ4v) is 2.82. The standard InChI is InChI=1S/C14H19BrN4O/c1-4-16-12(13-14(15)17-18-19(13)2)9-10-5-7-11(20-3)8-6-10/h5-8,12,16H,4,9H2,1-3H3. The Labute approximate surface area is 127 Å². The van der Waals surface area contributed by atoms with Crippen LogP contribution < -0.4 is 10.1 Å². The van der Waals surface area contributed by atoms with Crippen molar-refractivity contribution in [2.24, 2.45) is 7.05 Å². The third kappa shape index (κ3) is 3.37. The lowest BCUT2D eigenvalue weighted by molar-refractivity contribution is 0.414. The minimum atomic E-state index is 0.169. The van der Waals surface area contributed by atoms with Crippen molar-refractivity contribution in [2.75, 3.05) is 13.7 Å². The zero-order chi connectivity index (χ0) is 14.5. The summed E-state index contributed by atoms with van der Waals surface area (Å²) in [5, 5.41) is 11.6. The van der Waals surface area contributed by atoms with Gasteiger partial charge in [-0.15, -0.1) is 5.10 Å². The maximum atomic E-state index is 5.18. The van der Waals surface area contributed by atoms with E-state index in [9.17, 15) is 0 Å². The van der Waals surface area contributed by atoms with Gasteiger partial charge < -0.3 is 10.1 Å². The normalized spacial score (nSPS) is 12.4. The molecule has 0 amide bonds. The summed E-state index contributed by atoms with van der Waals surface area (Å²) < 4.78 is 7.78. The van der Waals surface area contributed by atoms with Crippen molar-refractivity contribution >= 4 is 15.9 Å². The van der Waals surface area contributed by atoms with E-state index in [0.717, 1.165) is 29.0 Å². The van der Waals surface area contributed by atoms with Gasteiger partial charge in [-0.3, -0.25) is 0 Å². The summed E-state index contributed by atoms with van der Waals surface area (Å²) in [5.41, 5.74) is 2.30. The highest BCUT2D eigenvalue weighted by Crippen LogP contribution is 2.24. The van der Waals surface area contributed by atoms with Crippen LogP contribution in [0, 0.1) is 0 Å². The van der Waals surface area contributed by atoms with Crippen LogP contribution in [0.5, 0.6) is 5.75 Å². The number of ether oxygens (including phenoxy) is 1. The lowest BCUT2D eigenvalue weighted by Gasteiger charge is -2.18. The Kier molecular flexibility index (Phi) is 5.14. The second-order valence-electron chi connectivity index (χ2n) is 4.55. The van der Waals surface area contributed by atoms with Gasteiger partial charge in [-0.2, -0.15) is 0 Å². The molecule has 1 unspecified atom stereocenters. The van der Waals surface area contributed by atoms with Gasteiger partial charge in [0.1, 0.15) is 5.75 Å². The smallest absolute Gasteiger partial charge is 0.153 e. The van der Waals surface area contributed by atoms with E-state index in [4.69, 9.17) is 4.74 Å². The maximum Gasteiger partial charge on any atom is 0.153 e. The lowest BCUT2D eigenvalue weighted by atomic mass is 10.0. The number of aromatic nitrogens is 3. The molecule has 0 spiro atoms. The summed E-state index contributed by atoms with van der Waals surface area (Å²) in [5.74, 6) is 0.872. The molecule has 20 heavy (non-hydrogen) atoms. The van der Waals surface area contributed by atoms with Crippen LogP contribution in [0.25, 0.3) is 0 Å². The number of hydrogen-bond acceptors (Lipinski definition) is 4. The van der Waals surface area contributed by atoms with E-state index < -0.39 is 0 Å². The fraction of sp³-hybridized carbons (Fsp3) is 0.429. The number of halogens is 1. The second kappa shape index (κ2) is 6.85. The number of nitrogens with one attached hydrogen (secondary N) is 1. The molecule has 1 N–H and O–H groups in total. The predicted octanol–water partition coefficient (Wildman–Crippen LogP) is 2.48. The van der Waals surface area contributed by atoms with E-state index in [-0.39, 0.29) is 6.04 Å². The van der Waals surface area contributed by atoms with Gasteiger partial charge in [0, 0.05) is 7.05 Å². The molecule has 0 radical (unpaired) electrons. The van der Waals surface area contributed by atoms with Crippen LogP contribution in [-0.2, 0) is 13.5 Å². The molecule has 0 saturated carbocycles. The van der Waals surface area contributed by atoms with Gasteiger partial charge in [0.25, 0.3) is 0 Å². The average molecular weight is 339 g/mol. The number of aryl methyl sites for hydroxylation is 1. The summed E-state index contributed by atoms with van der Waals surface area (Å²) in [6, 6.07) is 8.30. The Balaban J connectivity index is 2.20. The molecule has 6 heteroatoms. The van der Waals surface area contributed by atoms with Gasteiger partial charge in [-0.1, -0.05) is 24.3 Å². The van der Waals surface area contributed by atoms with Crippen LogP contribution in [0.1, 0.15) is 24.2 Å². The topological polar surface area (TPSA) is 52.0 Å². The van der Waals surface area contributed by atoms with Crippen molar-refractivity contribution in [1.29, 1.82) is 0 Å². The summed E-state index contributed by atoms with van der Waals surface area (Å²) in [6.45, 7) is 2.98. The quantitative estimate of drug-likeness (QED) is 0.879. The van der Waals surface area contributed by atoms with Crippen molar-refractivity contribution in [3.05, 3.63) is 40.1 Å². The second-order valence-corrected chi connectivity index (χ2v) is 5.30. The average Bonchev–Trinajstić information content (AvgIpc) is 2.78. The van der Waals surface area contributed by atoms with Crippen molar-refractivity contribution in [1.82, 2.24) is 20.3 Å². The number of benzene rings is 1. The molecule has 1 atom stereocenters. The highest BCUT2D eigenvalue weighted by molar-refractivity contribution is 9.10. The van der Waals surface area contributed by atoms with Crippen LogP contribution >= 0.6 is 15.9 Å². The Bertz CT molecular complexity index is 533. The minimum Gasteiger partial charge on any atom is -0.497 e. The van der Waals surface area contributed by atoms with E-state index in [0.29, 0.717) is 0 Å². The number of hydrogen-bond donors (Lipinski definition) is 1. The molecule has 2 aromatic rings. The third-order valence-electron chi connectivity index (χ3n) is 3.21. The summed E-state index contributed by atoms with van der Waals surface area (Å²) >= 11 is 3.47. The molecule has 1 heterocycles. The third-order valence-corrected chi connectivity index (χ3v) is 3.77. The minimum absolute atomic E-state index is 0.169. The molecular weight excluding hydrogens is 320 g/mol. The summed E-state index contributed by atoms with van der Waals surface area (Å²) in [4.78, 5) is 0. The van der Waals surface area contributed by atoms with Crippen molar-refractivity contribution in [3.8, 4) is 5.75 Å². The first-order chi connectivity index (χ1) is 9.65. The highest BCUT2D eigenvalue weighted by atomic mass is 79.9. The molecule has 1 aromatic heterocycles. The molecule has 0 fully saturated rings. The van der Waals surface area contributed by atoms with E-state index in [1.807, 2.05) is 19.2 Å². The Morgan fingerprint density at radius 3 is 2.55 bits per heavy atom. The van der Waals surface area contributed by atoms with Gasteiger partial charge in [0.15, 0.2) is 4.60 Å². The number of nitrogens with zero attached hydrogens (tertiary/aromatic N) is 3. The Morgan fingerprint density at radius 2 is 2.05 bits per heavy atom. The van der Waals surface area contributed by atoms with Gasteiger partial charge in [-0.25, -0.2) is 4.68 Å². The van der Waals surface area contributed by atoms with Gasteiger partial charge in [0.05, 0.1) is 18.8 Å². The van der Waals surface area contributed by atoms with E-state index in [2.05, 4.69) is 50.6 Å². The molecule has 0 aliphatic rings. The largest absolute Gasteiger partial charge is 0.497 e. The molecule has 0 bridgehead atoms. The van der Waals surface area contributed by atoms with E-state index >= 15 is 0 Å².